The van der Waals surface area contributed by atoms with Gasteiger partial charge in [-0.3, -0.25) is 14.9 Å². The van der Waals surface area contributed by atoms with Gasteiger partial charge >= 0.3 is 0 Å². The summed E-state index contributed by atoms with van der Waals surface area (Å²) in [6, 6.07) is 2.90. The second kappa shape index (κ2) is 9.78. The number of nitrogens with zero attached hydrogens (tertiary/aromatic N) is 1. The van der Waals surface area contributed by atoms with Crippen LogP contribution in [0.4, 0.5) is 10.1 Å². The standard InChI is InChI=1S/C15H15FN2O3.C12H22/c1-10-5-7-15(2,8-6-10)17-14(19)12-9-11(18(20)21)3-4-13(12)16;1-9-4-10-6-11(5-9)8-12(2,3)7-10/h3-7,9H,8H2,1-2H3,(H,17,19);9-11H,4-8H2,1-3H3. The van der Waals surface area contributed by atoms with Crippen LogP contribution < -0.4 is 5.32 Å². The van der Waals surface area contributed by atoms with Gasteiger partial charge in [0.2, 0.25) is 0 Å². The molecule has 0 saturated heterocycles. The number of nitro groups is 1. The third-order valence-corrected chi connectivity index (χ3v) is 7.19. The summed E-state index contributed by atoms with van der Waals surface area (Å²) < 4.78 is 13.7. The Morgan fingerprint density at radius 1 is 1.15 bits per heavy atom. The minimum Gasteiger partial charge on any atom is -0.343 e. The summed E-state index contributed by atoms with van der Waals surface area (Å²) in [7, 11) is 0. The Kier molecular flexibility index (Phi) is 7.45. The van der Waals surface area contributed by atoms with Gasteiger partial charge < -0.3 is 5.32 Å². The van der Waals surface area contributed by atoms with Gasteiger partial charge in [0.05, 0.1) is 16.0 Å². The molecule has 5 nitrogen and oxygen atoms in total. The van der Waals surface area contributed by atoms with Crippen molar-refractivity contribution in [3.05, 3.63) is 63.5 Å². The highest BCUT2D eigenvalue weighted by Crippen LogP contribution is 2.49. The van der Waals surface area contributed by atoms with Gasteiger partial charge in [-0.25, -0.2) is 4.39 Å². The molecule has 3 unspecified atom stereocenters. The Morgan fingerprint density at radius 2 is 1.79 bits per heavy atom. The van der Waals surface area contributed by atoms with Crippen molar-refractivity contribution in [3.63, 3.8) is 0 Å². The molecular weight excluding hydrogens is 419 g/mol. The number of halogens is 1. The molecule has 2 fully saturated rings. The van der Waals surface area contributed by atoms with E-state index in [2.05, 4.69) is 26.1 Å². The van der Waals surface area contributed by atoms with E-state index in [0.29, 0.717) is 11.8 Å². The summed E-state index contributed by atoms with van der Waals surface area (Å²) in [6.45, 7) is 11.1. The fourth-order valence-corrected chi connectivity index (χ4v) is 5.92. The van der Waals surface area contributed by atoms with Crippen LogP contribution >= 0.6 is 0 Å². The number of carbonyl (C=O) groups is 1. The van der Waals surface area contributed by atoms with Gasteiger partial charge in [-0.1, -0.05) is 44.6 Å². The molecular formula is C27H37FN2O3. The average Bonchev–Trinajstić information content (AvgIpc) is 2.69. The molecule has 0 spiro atoms. The van der Waals surface area contributed by atoms with E-state index in [-0.39, 0.29) is 11.3 Å². The lowest BCUT2D eigenvalue weighted by Crippen LogP contribution is -2.45. The normalized spacial score (nSPS) is 29.9. The van der Waals surface area contributed by atoms with E-state index in [0.717, 1.165) is 41.5 Å². The molecule has 2 saturated carbocycles. The number of allylic oxidation sites excluding steroid dienone is 2. The first-order chi connectivity index (χ1) is 15.4. The van der Waals surface area contributed by atoms with Crippen molar-refractivity contribution < 1.29 is 14.1 Å². The maximum Gasteiger partial charge on any atom is 0.270 e. The molecule has 1 aromatic rings. The first kappa shape index (κ1) is 25.1. The second-order valence-electron chi connectivity index (χ2n) is 11.4. The number of fused-ring (bicyclic) bond motifs is 2. The first-order valence-electron chi connectivity index (χ1n) is 12.0. The summed E-state index contributed by atoms with van der Waals surface area (Å²) in [6.07, 6.45) is 13.8. The van der Waals surface area contributed by atoms with Crippen molar-refractivity contribution in [2.45, 2.75) is 78.7 Å². The van der Waals surface area contributed by atoms with Gasteiger partial charge in [0, 0.05) is 12.1 Å². The molecule has 33 heavy (non-hydrogen) atoms. The molecule has 1 N–H and O–H groups in total. The Hall–Kier alpha value is -2.50. The molecule has 3 atom stereocenters. The number of hydrogen-bond acceptors (Lipinski definition) is 3. The monoisotopic (exact) mass is 456 g/mol. The lowest BCUT2D eigenvalue weighted by molar-refractivity contribution is -0.384. The number of carbonyl (C=O) groups excluding carboxylic acids is 1. The van der Waals surface area contributed by atoms with E-state index in [1.807, 2.05) is 25.2 Å². The Balaban J connectivity index is 0.000000215. The summed E-state index contributed by atoms with van der Waals surface area (Å²) in [5, 5.41) is 13.4. The van der Waals surface area contributed by atoms with Crippen molar-refractivity contribution in [2.24, 2.45) is 23.2 Å². The maximum atomic E-state index is 13.7. The average molecular weight is 457 g/mol. The molecule has 6 heteroatoms. The predicted octanol–water partition coefficient (Wildman–Crippen LogP) is 6.99. The predicted molar refractivity (Wildman–Crippen MR) is 129 cm³/mol. The molecule has 0 aliphatic heterocycles. The number of benzene rings is 1. The Morgan fingerprint density at radius 3 is 2.33 bits per heavy atom. The smallest absolute Gasteiger partial charge is 0.270 e. The minimum absolute atomic E-state index is 0.318. The molecule has 180 valence electrons. The third kappa shape index (κ3) is 6.75. The second-order valence-corrected chi connectivity index (χ2v) is 11.4. The number of nitrogens with one attached hydrogen (secondary N) is 1. The number of rotatable bonds is 3. The molecule has 1 amide bonds. The molecule has 0 heterocycles. The lowest BCUT2D eigenvalue weighted by Gasteiger charge is -2.45. The van der Waals surface area contributed by atoms with Crippen molar-refractivity contribution in [1.82, 2.24) is 5.32 Å². The van der Waals surface area contributed by atoms with Gasteiger partial charge in [0.15, 0.2) is 0 Å². The highest BCUT2D eigenvalue weighted by Gasteiger charge is 2.38. The van der Waals surface area contributed by atoms with E-state index >= 15 is 0 Å². The maximum absolute atomic E-state index is 13.7. The highest BCUT2D eigenvalue weighted by atomic mass is 19.1. The Labute approximate surface area is 196 Å². The molecule has 4 rings (SSSR count). The van der Waals surface area contributed by atoms with Crippen LogP contribution in [0.1, 0.15) is 83.5 Å². The van der Waals surface area contributed by atoms with Gasteiger partial charge in [-0.15, -0.1) is 0 Å². The fraction of sp³-hybridized carbons (Fsp3) is 0.593. The van der Waals surface area contributed by atoms with Crippen molar-refractivity contribution in [1.29, 1.82) is 0 Å². The zero-order chi connectivity index (χ0) is 24.4. The quantitative estimate of drug-likeness (QED) is 0.394. The zero-order valence-corrected chi connectivity index (χ0v) is 20.5. The summed E-state index contributed by atoms with van der Waals surface area (Å²) in [5.74, 6) is 1.71. The largest absolute Gasteiger partial charge is 0.343 e. The molecule has 0 radical (unpaired) electrons. The summed E-state index contributed by atoms with van der Waals surface area (Å²) in [5.41, 5.74) is 0.469. The SMILES string of the molecule is CC1=CCC(C)(NC(=O)c2cc([N+](=O)[O-])ccc2F)C=C1.CC1CC2CC(C1)CC(C)(C)C2. The zero-order valence-electron chi connectivity index (χ0n) is 20.5. The molecule has 1 aromatic carbocycles. The van der Waals surface area contributed by atoms with Crippen molar-refractivity contribution in [3.8, 4) is 0 Å². The molecule has 2 bridgehead atoms. The van der Waals surface area contributed by atoms with Crippen molar-refractivity contribution in [2.75, 3.05) is 0 Å². The first-order valence-corrected chi connectivity index (χ1v) is 12.0. The fourth-order valence-electron chi connectivity index (χ4n) is 5.92. The van der Waals surface area contributed by atoms with Crippen LogP contribution in [0.25, 0.3) is 0 Å². The number of hydrogen-bond donors (Lipinski definition) is 1. The van der Waals surface area contributed by atoms with Crippen LogP contribution in [0.3, 0.4) is 0 Å². The minimum atomic E-state index is -0.784. The van der Waals surface area contributed by atoms with Gasteiger partial charge in [-0.2, -0.15) is 0 Å². The van der Waals surface area contributed by atoms with E-state index in [4.69, 9.17) is 0 Å². The van der Waals surface area contributed by atoms with E-state index in [9.17, 15) is 19.3 Å². The topological polar surface area (TPSA) is 72.2 Å². The van der Waals surface area contributed by atoms with Gasteiger partial charge in [0.25, 0.3) is 11.6 Å². The van der Waals surface area contributed by atoms with E-state index in [1.165, 1.54) is 25.7 Å². The van der Waals surface area contributed by atoms with E-state index < -0.39 is 22.2 Å². The lowest BCUT2D eigenvalue weighted by atomic mass is 9.60. The number of amides is 1. The number of non-ortho nitro benzene ring substituents is 1. The Bertz CT molecular complexity index is 948. The third-order valence-electron chi connectivity index (χ3n) is 7.19. The molecule has 3 aliphatic rings. The highest BCUT2D eigenvalue weighted by molar-refractivity contribution is 5.95. The summed E-state index contributed by atoms with van der Waals surface area (Å²) >= 11 is 0. The summed E-state index contributed by atoms with van der Waals surface area (Å²) in [4.78, 5) is 22.2. The van der Waals surface area contributed by atoms with Crippen LogP contribution in [-0.2, 0) is 0 Å². The van der Waals surface area contributed by atoms with Crippen LogP contribution in [0.5, 0.6) is 0 Å². The van der Waals surface area contributed by atoms with Crippen molar-refractivity contribution >= 4 is 11.6 Å². The molecule has 3 aliphatic carbocycles. The number of nitro benzene ring substituents is 1. The van der Waals surface area contributed by atoms with Crippen LogP contribution in [0.2, 0.25) is 0 Å². The van der Waals surface area contributed by atoms with Crippen LogP contribution in [0.15, 0.2) is 42.0 Å². The van der Waals surface area contributed by atoms with Crippen LogP contribution in [-0.4, -0.2) is 16.4 Å². The molecule has 0 aromatic heterocycles. The van der Waals surface area contributed by atoms with Gasteiger partial charge in [0.1, 0.15) is 5.82 Å². The van der Waals surface area contributed by atoms with Gasteiger partial charge in [-0.05, 0) is 81.6 Å². The van der Waals surface area contributed by atoms with E-state index in [1.54, 1.807) is 13.3 Å². The van der Waals surface area contributed by atoms with Crippen LogP contribution in [0, 0.1) is 39.1 Å².